The Balaban J connectivity index is 1.49. The number of aromatic nitrogens is 1. The average Bonchev–Trinajstić information content (AvgIpc) is 3.07. The van der Waals surface area contributed by atoms with E-state index >= 15 is 0 Å². The minimum absolute atomic E-state index is 0.343. The van der Waals surface area contributed by atoms with Crippen molar-refractivity contribution in [1.82, 2.24) is 15.6 Å². The molecule has 0 saturated carbocycles. The van der Waals surface area contributed by atoms with Crippen LogP contribution in [0.2, 0.25) is 0 Å². The summed E-state index contributed by atoms with van der Waals surface area (Å²) in [7, 11) is -1.41. The highest BCUT2D eigenvalue weighted by Crippen LogP contribution is 2.14. The monoisotopic (exact) mass is 384 g/mol. The quantitative estimate of drug-likeness (QED) is 0.450. The van der Waals surface area contributed by atoms with Crippen LogP contribution in [0.15, 0.2) is 64.5 Å². The lowest BCUT2D eigenvalue weighted by molar-refractivity contribution is 0.602. The van der Waals surface area contributed by atoms with E-state index in [1.54, 1.807) is 19.2 Å². The van der Waals surface area contributed by atoms with Crippen molar-refractivity contribution in [3.63, 3.8) is 0 Å². The fourth-order valence-corrected chi connectivity index (χ4v) is 3.49. The first-order valence-corrected chi connectivity index (χ1v) is 10.6. The number of aromatic amines is 1. The predicted molar refractivity (Wildman–Crippen MR) is 110 cm³/mol. The van der Waals surface area contributed by atoms with Crippen molar-refractivity contribution < 1.29 is 8.42 Å². The SMILES string of the molecule is CN=C(NCCc1ccc(S(C)(=O)=O)cc1)NCc1cc2ccccc2[nH]1. The summed E-state index contributed by atoms with van der Waals surface area (Å²) in [5.41, 5.74) is 3.28. The van der Waals surface area contributed by atoms with Crippen molar-refractivity contribution in [3.8, 4) is 0 Å². The number of nitrogens with zero attached hydrogens (tertiary/aromatic N) is 1. The zero-order chi connectivity index (χ0) is 19.3. The number of benzene rings is 2. The largest absolute Gasteiger partial charge is 0.357 e. The maximum absolute atomic E-state index is 11.5. The summed E-state index contributed by atoms with van der Waals surface area (Å²) in [6.45, 7) is 1.35. The maximum Gasteiger partial charge on any atom is 0.191 e. The Kier molecular flexibility index (Phi) is 5.81. The fraction of sp³-hybridized carbons (Fsp3) is 0.250. The summed E-state index contributed by atoms with van der Waals surface area (Å²) in [4.78, 5) is 7.96. The molecule has 0 fully saturated rings. The molecule has 2 aromatic carbocycles. The average molecular weight is 385 g/mol. The Bertz CT molecular complexity index is 1000. The van der Waals surface area contributed by atoms with Gasteiger partial charge in [0.15, 0.2) is 15.8 Å². The van der Waals surface area contributed by atoms with E-state index in [0.717, 1.165) is 29.2 Å². The number of hydrogen-bond acceptors (Lipinski definition) is 3. The Morgan fingerprint density at radius 3 is 2.48 bits per heavy atom. The van der Waals surface area contributed by atoms with E-state index in [2.05, 4.69) is 38.8 Å². The third kappa shape index (κ3) is 5.10. The van der Waals surface area contributed by atoms with Gasteiger partial charge in [-0.15, -0.1) is 0 Å². The molecule has 1 aromatic heterocycles. The summed E-state index contributed by atoms with van der Waals surface area (Å²) in [6.07, 6.45) is 1.99. The van der Waals surface area contributed by atoms with Gasteiger partial charge >= 0.3 is 0 Å². The van der Waals surface area contributed by atoms with Crippen LogP contribution in [-0.2, 0) is 22.8 Å². The number of sulfone groups is 1. The Hall–Kier alpha value is -2.80. The van der Waals surface area contributed by atoms with Crippen LogP contribution in [0.25, 0.3) is 10.9 Å². The van der Waals surface area contributed by atoms with Crippen molar-refractivity contribution in [1.29, 1.82) is 0 Å². The van der Waals surface area contributed by atoms with Gasteiger partial charge in [0.1, 0.15) is 0 Å². The van der Waals surface area contributed by atoms with Crippen LogP contribution in [0.4, 0.5) is 0 Å². The number of guanidine groups is 1. The smallest absolute Gasteiger partial charge is 0.191 e. The van der Waals surface area contributed by atoms with Crippen LogP contribution in [-0.4, -0.2) is 39.2 Å². The van der Waals surface area contributed by atoms with Gasteiger partial charge in [-0.05, 0) is 41.6 Å². The van der Waals surface area contributed by atoms with Gasteiger partial charge in [0.2, 0.25) is 0 Å². The lowest BCUT2D eigenvalue weighted by Crippen LogP contribution is -2.37. The van der Waals surface area contributed by atoms with Crippen molar-refractivity contribution >= 4 is 26.7 Å². The fourth-order valence-electron chi connectivity index (χ4n) is 2.86. The molecule has 0 aliphatic rings. The highest BCUT2D eigenvalue weighted by molar-refractivity contribution is 7.90. The van der Waals surface area contributed by atoms with E-state index in [1.165, 1.54) is 11.6 Å². The zero-order valence-corrected chi connectivity index (χ0v) is 16.3. The Morgan fingerprint density at radius 1 is 1.07 bits per heavy atom. The molecule has 0 aliphatic carbocycles. The van der Waals surface area contributed by atoms with E-state index in [-0.39, 0.29) is 0 Å². The van der Waals surface area contributed by atoms with E-state index < -0.39 is 9.84 Å². The summed E-state index contributed by atoms with van der Waals surface area (Å²) in [6, 6.07) is 17.3. The highest BCUT2D eigenvalue weighted by Gasteiger charge is 2.06. The Labute approximate surface area is 159 Å². The van der Waals surface area contributed by atoms with Crippen LogP contribution in [0.1, 0.15) is 11.3 Å². The molecule has 27 heavy (non-hydrogen) atoms. The molecule has 6 nitrogen and oxygen atoms in total. The first-order chi connectivity index (χ1) is 13.0. The molecule has 3 rings (SSSR count). The van der Waals surface area contributed by atoms with Gasteiger partial charge in [-0.25, -0.2) is 8.42 Å². The van der Waals surface area contributed by atoms with Crippen LogP contribution in [0, 0.1) is 0 Å². The molecule has 142 valence electrons. The molecular formula is C20H24N4O2S. The van der Waals surface area contributed by atoms with Crippen LogP contribution < -0.4 is 10.6 Å². The highest BCUT2D eigenvalue weighted by atomic mass is 32.2. The molecule has 3 N–H and O–H groups in total. The third-order valence-corrected chi connectivity index (χ3v) is 5.44. The molecule has 0 bridgehead atoms. The van der Waals surface area contributed by atoms with E-state index in [9.17, 15) is 8.42 Å². The number of fused-ring (bicyclic) bond motifs is 1. The van der Waals surface area contributed by atoms with Gasteiger partial charge in [-0.1, -0.05) is 30.3 Å². The molecule has 7 heteroatoms. The second-order valence-corrected chi connectivity index (χ2v) is 8.42. The first-order valence-electron chi connectivity index (χ1n) is 8.76. The molecule has 1 heterocycles. The van der Waals surface area contributed by atoms with Crippen LogP contribution in [0.3, 0.4) is 0 Å². The predicted octanol–water partition coefficient (Wildman–Crippen LogP) is 2.48. The standard InChI is InChI=1S/C20H24N4O2S/c1-21-20(23-14-17-13-16-5-3-4-6-19(16)24-17)22-12-11-15-7-9-18(10-8-15)27(2,25)26/h3-10,13,24H,11-12,14H2,1-2H3,(H2,21,22,23). The maximum atomic E-state index is 11.5. The Morgan fingerprint density at radius 2 is 1.81 bits per heavy atom. The van der Waals surface area contributed by atoms with Crippen molar-refractivity contribution in [3.05, 3.63) is 65.9 Å². The summed E-state index contributed by atoms with van der Waals surface area (Å²) >= 11 is 0. The van der Waals surface area contributed by atoms with Gasteiger partial charge in [-0.3, -0.25) is 4.99 Å². The van der Waals surface area contributed by atoms with Gasteiger partial charge in [0, 0.05) is 31.1 Å². The molecule has 0 amide bonds. The second kappa shape index (κ2) is 8.26. The van der Waals surface area contributed by atoms with E-state index in [1.807, 2.05) is 24.3 Å². The molecule has 0 radical (unpaired) electrons. The number of para-hydroxylation sites is 1. The first kappa shape index (κ1) is 19.0. The zero-order valence-electron chi connectivity index (χ0n) is 15.5. The topological polar surface area (TPSA) is 86.3 Å². The molecule has 0 atom stereocenters. The molecule has 3 aromatic rings. The van der Waals surface area contributed by atoms with E-state index in [4.69, 9.17) is 0 Å². The van der Waals surface area contributed by atoms with Gasteiger partial charge in [0.05, 0.1) is 11.4 Å². The van der Waals surface area contributed by atoms with Crippen molar-refractivity contribution in [2.75, 3.05) is 19.8 Å². The molecule has 0 unspecified atom stereocenters. The molecule has 0 spiro atoms. The lowest BCUT2D eigenvalue weighted by atomic mass is 10.1. The minimum Gasteiger partial charge on any atom is -0.357 e. The normalized spacial score (nSPS) is 12.3. The third-order valence-electron chi connectivity index (χ3n) is 4.31. The summed E-state index contributed by atoms with van der Waals surface area (Å²) in [5.74, 6) is 0.724. The number of aliphatic imine (C=N–C) groups is 1. The molecular weight excluding hydrogens is 360 g/mol. The van der Waals surface area contributed by atoms with Crippen LogP contribution >= 0.6 is 0 Å². The number of hydrogen-bond donors (Lipinski definition) is 3. The summed E-state index contributed by atoms with van der Waals surface area (Å²) in [5, 5.41) is 7.75. The van der Waals surface area contributed by atoms with Crippen LogP contribution in [0.5, 0.6) is 0 Å². The number of nitrogens with one attached hydrogen (secondary N) is 3. The minimum atomic E-state index is -3.15. The van der Waals surface area contributed by atoms with Gasteiger partial charge in [0.25, 0.3) is 0 Å². The summed E-state index contributed by atoms with van der Waals surface area (Å²) < 4.78 is 23.0. The molecule has 0 aliphatic heterocycles. The molecule has 0 saturated heterocycles. The van der Waals surface area contributed by atoms with Gasteiger partial charge < -0.3 is 15.6 Å². The van der Waals surface area contributed by atoms with Gasteiger partial charge in [-0.2, -0.15) is 0 Å². The number of rotatable bonds is 6. The van der Waals surface area contributed by atoms with Crippen molar-refractivity contribution in [2.24, 2.45) is 4.99 Å². The number of H-pyrrole nitrogens is 1. The lowest BCUT2D eigenvalue weighted by Gasteiger charge is -2.11. The van der Waals surface area contributed by atoms with Crippen molar-refractivity contribution in [2.45, 2.75) is 17.9 Å². The van der Waals surface area contributed by atoms with E-state index in [0.29, 0.717) is 18.0 Å². The second-order valence-electron chi connectivity index (χ2n) is 6.40.